The fraction of sp³-hybridized carbons (Fsp3) is 0.429. The van der Waals surface area contributed by atoms with Gasteiger partial charge in [0.15, 0.2) is 0 Å². The Morgan fingerprint density at radius 3 is 2.89 bits per heavy atom. The lowest BCUT2D eigenvalue weighted by atomic mass is 10.0. The molecule has 1 aromatic carbocycles. The van der Waals surface area contributed by atoms with Crippen molar-refractivity contribution in [3.8, 4) is 0 Å². The molecule has 1 saturated heterocycles. The predicted molar refractivity (Wildman–Crippen MR) is 69.1 cm³/mol. The van der Waals surface area contributed by atoms with Crippen molar-refractivity contribution in [1.29, 1.82) is 0 Å². The molecule has 4 nitrogen and oxygen atoms in total. The highest BCUT2D eigenvalue weighted by Crippen LogP contribution is 2.09. The lowest BCUT2D eigenvalue weighted by Crippen LogP contribution is -2.36. The fourth-order valence-electron chi connectivity index (χ4n) is 2.15. The Labute approximate surface area is 107 Å². The number of carbonyl (C=O) groups excluding carboxylic acids is 2. The molecule has 1 aromatic rings. The van der Waals surface area contributed by atoms with Crippen molar-refractivity contribution in [1.82, 2.24) is 10.6 Å². The van der Waals surface area contributed by atoms with Gasteiger partial charge in [0.2, 0.25) is 11.8 Å². The van der Waals surface area contributed by atoms with Gasteiger partial charge in [-0.2, -0.15) is 0 Å². The third-order valence-electron chi connectivity index (χ3n) is 3.23. The summed E-state index contributed by atoms with van der Waals surface area (Å²) < 4.78 is 0. The summed E-state index contributed by atoms with van der Waals surface area (Å²) in [7, 11) is 0. The zero-order valence-electron chi connectivity index (χ0n) is 10.5. The van der Waals surface area contributed by atoms with Crippen molar-refractivity contribution in [2.24, 2.45) is 0 Å². The van der Waals surface area contributed by atoms with Gasteiger partial charge in [0.05, 0.1) is 6.04 Å². The molecule has 0 spiro atoms. The first kappa shape index (κ1) is 12.6. The first-order valence-electron chi connectivity index (χ1n) is 6.25. The maximum absolute atomic E-state index is 11.7. The highest BCUT2D eigenvalue weighted by atomic mass is 16.2. The molecule has 2 amide bonds. The van der Waals surface area contributed by atoms with Crippen LogP contribution < -0.4 is 10.6 Å². The summed E-state index contributed by atoms with van der Waals surface area (Å²) in [5.41, 5.74) is 2.41. The van der Waals surface area contributed by atoms with Crippen molar-refractivity contribution in [2.45, 2.75) is 32.2 Å². The second-order valence-corrected chi connectivity index (χ2v) is 4.70. The van der Waals surface area contributed by atoms with Gasteiger partial charge >= 0.3 is 0 Å². The van der Waals surface area contributed by atoms with Crippen molar-refractivity contribution in [3.63, 3.8) is 0 Å². The van der Waals surface area contributed by atoms with E-state index in [1.54, 1.807) is 0 Å². The molecule has 2 N–H and O–H groups in total. The third-order valence-corrected chi connectivity index (χ3v) is 3.23. The van der Waals surface area contributed by atoms with Crippen LogP contribution in [0.5, 0.6) is 0 Å². The molecule has 0 aromatic heterocycles. The molecular weight excluding hydrogens is 228 g/mol. The molecule has 0 radical (unpaired) electrons. The summed E-state index contributed by atoms with van der Waals surface area (Å²) >= 11 is 0. The number of aryl methyl sites for hydroxylation is 2. The monoisotopic (exact) mass is 246 g/mol. The zero-order chi connectivity index (χ0) is 13.0. The molecule has 1 fully saturated rings. The van der Waals surface area contributed by atoms with E-state index in [1.807, 2.05) is 31.2 Å². The summed E-state index contributed by atoms with van der Waals surface area (Å²) in [6.07, 6.45) is 1.61. The standard InChI is InChI=1S/C14H18N2O2/c1-10-4-2-3-5-11(10)6-7-13(17)16-12-8-14(18)15-9-12/h2-5,12H,6-9H2,1H3,(H,15,18)(H,16,17). The van der Waals surface area contributed by atoms with E-state index in [-0.39, 0.29) is 17.9 Å². The smallest absolute Gasteiger partial charge is 0.222 e. The molecule has 0 saturated carbocycles. The number of carbonyl (C=O) groups is 2. The van der Waals surface area contributed by atoms with Gasteiger partial charge in [-0.15, -0.1) is 0 Å². The van der Waals surface area contributed by atoms with Gasteiger partial charge in [-0.05, 0) is 24.5 Å². The molecule has 96 valence electrons. The Morgan fingerprint density at radius 1 is 1.44 bits per heavy atom. The molecule has 18 heavy (non-hydrogen) atoms. The Hall–Kier alpha value is -1.84. The van der Waals surface area contributed by atoms with E-state index in [1.165, 1.54) is 11.1 Å². The molecule has 1 aliphatic rings. The highest BCUT2D eigenvalue weighted by molar-refractivity contribution is 5.82. The van der Waals surface area contributed by atoms with Gasteiger partial charge in [-0.25, -0.2) is 0 Å². The van der Waals surface area contributed by atoms with Crippen molar-refractivity contribution in [3.05, 3.63) is 35.4 Å². The van der Waals surface area contributed by atoms with E-state index in [9.17, 15) is 9.59 Å². The summed E-state index contributed by atoms with van der Waals surface area (Å²) in [5.74, 6) is 0.0268. The molecular formula is C14H18N2O2. The second kappa shape index (κ2) is 5.67. The van der Waals surface area contributed by atoms with Crippen molar-refractivity contribution >= 4 is 11.8 Å². The van der Waals surface area contributed by atoms with Gasteiger partial charge in [0.25, 0.3) is 0 Å². The van der Waals surface area contributed by atoms with E-state index in [4.69, 9.17) is 0 Å². The maximum Gasteiger partial charge on any atom is 0.222 e. The van der Waals surface area contributed by atoms with Crippen molar-refractivity contribution < 1.29 is 9.59 Å². The lowest BCUT2D eigenvalue weighted by molar-refractivity contribution is -0.121. The molecule has 1 aliphatic heterocycles. The summed E-state index contributed by atoms with van der Waals surface area (Å²) in [4.78, 5) is 22.7. The molecule has 1 atom stereocenters. The van der Waals surface area contributed by atoms with Crippen LogP contribution in [-0.2, 0) is 16.0 Å². The third kappa shape index (κ3) is 3.32. The van der Waals surface area contributed by atoms with E-state index < -0.39 is 0 Å². The summed E-state index contributed by atoms with van der Waals surface area (Å²) in [6, 6.07) is 8.03. The zero-order valence-corrected chi connectivity index (χ0v) is 10.5. The Kier molecular flexibility index (Phi) is 3.97. The van der Waals surface area contributed by atoms with Crippen molar-refractivity contribution in [2.75, 3.05) is 6.54 Å². The van der Waals surface area contributed by atoms with Crippen LogP contribution in [-0.4, -0.2) is 24.4 Å². The number of hydrogen-bond acceptors (Lipinski definition) is 2. The van der Waals surface area contributed by atoms with Crippen LogP contribution in [0.15, 0.2) is 24.3 Å². The molecule has 2 rings (SSSR count). The van der Waals surface area contributed by atoms with E-state index in [0.29, 0.717) is 19.4 Å². The normalized spacial score (nSPS) is 18.5. The fourth-order valence-corrected chi connectivity index (χ4v) is 2.15. The Balaban J connectivity index is 1.78. The first-order valence-corrected chi connectivity index (χ1v) is 6.25. The predicted octanol–water partition coefficient (Wildman–Crippen LogP) is 0.932. The minimum Gasteiger partial charge on any atom is -0.354 e. The Bertz CT molecular complexity index is 457. The topological polar surface area (TPSA) is 58.2 Å². The van der Waals surface area contributed by atoms with Gasteiger partial charge in [-0.1, -0.05) is 24.3 Å². The Morgan fingerprint density at radius 2 is 2.22 bits per heavy atom. The molecule has 0 bridgehead atoms. The SMILES string of the molecule is Cc1ccccc1CCC(=O)NC1CNC(=O)C1. The maximum atomic E-state index is 11.7. The lowest BCUT2D eigenvalue weighted by Gasteiger charge is -2.10. The van der Waals surface area contributed by atoms with E-state index in [2.05, 4.69) is 10.6 Å². The van der Waals surface area contributed by atoms with Gasteiger partial charge in [-0.3, -0.25) is 9.59 Å². The van der Waals surface area contributed by atoms with Crippen LogP contribution in [0.4, 0.5) is 0 Å². The van der Waals surface area contributed by atoms with Crippen LogP contribution in [0.3, 0.4) is 0 Å². The summed E-state index contributed by atoms with van der Waals surface area (Å²) in [6.45, 7) is 2.60. The number of rotatable bonds is 4. The average Bonchev–Trinajstić information content (AvgIpc) is 2.74. The highest BCUT2D eigenvalue weighted by Gasteiger charge is 2.22. The quantitative estimate of drug-likeness (QED) is 0.830. The van der Waals surface area contributed by atoms with Crippen LogP contribution in [0, 0.1) is 6.92 Å². The minimum absolute atomic E-state index is 0.0132. The first-order chi connectivity index (χ1) is 8.65. The average molecular weight is 246 g/mol. The number of benzene rings is 1. The van der Waals surface area contributed by atoms with Crippen LogP contribution in [0.2, 0.25) is 0 Å². The number of amides is 2. The van der Waals surface area contributed by atoms with Gasteiger partial charge in [0.1, 0.15) is 0 Å². The summed E-state index contributed by atoms with van der Waals surface area (Å²) in [5, 5.41) is 5.58. The molecule has 1 unspecified atom stereocenters. The molecule has 0 aliphatic carbocycles. The van der Waals surface area contributed by atoms with Gasteiger partial charge < -0.3 is 10.6 Å². The van der Waals surface area contributed by atoms with Gasteiger partial charge in [0, 0.05) is 19.4 Å². The van der Waals surface area contributed by atoms with Crippen LogP contribution in [0.25, 0.3) is 0 Å². The second-order valence-electron chi connectivity index (χ2n) is 4.70. The largest absolute Gasteiger partial charge is 0.354 e. The molecule has 4 heteroatoms. The number of hydrogen-bond donors (Lipinski definition) is 2. The van der Waals surface area contributed by atoms with Crippen LogP contribution >= 0.6 is 0 Å². The minimum atomic E-state index is -0.0399. The van der Waals surface area contributed by atoms with E-state index in [0.717, 1.165) is 6.42 Å². The van der Waals surface area contributed by atoms with Crippen LogP contribution in [0.1, 0.15) is 24.0 Å². The number of nitrogens with one attached hydrogen (secondary N) is 2. The van der Waals surface area contributed by atoms with E-state index >= 15 is 0 Å². The molecule has 1 heterocycles.